The molecule has 2 aliphatic rings. The van der Waals surface area contributed by atoms with E-state index >= 15 is 0 Å². The van der Waals surface area contributed by atoms with Crippen LogP contribution in [0.2, 0.25) is 0 Å². The highest BCUT2D eigenvalue weighted by atomic mass is 19.4. The number of fused-ring (bicyclic) bond motifs is 2. The number of aromatic amines is 1. The number of halogens is 3. The Morgan fingerprint density at radius 1 is 1.22 bits per heavy atom. The van der Waals surface area contributed by atoms with Gasteiger partial charge >= 0.3 is 6.18 Å². The summed E-state index contributed by atoms with van der Waals surface area (Å²) in [6, 6.07) is 5.67. The quantitative estimate of drug-likeness (QED) is 0.461. The van der Waals surface area contributed by atoms with Gasteiger partial charge < -0.3 is 4.98 Å². The second-order valence-corrected chi connectivity index (χ2v) is 9.38. The van der Waals surface area contributed by atoms with Crippen molar-refractivity contribution in [3.8, 4) is 6.07 Å². The van der Waals surface area contributed by atoms with Crippen molar-refractivity contribution >= 4 is 11.0 Å². The summed E-state index contributed by atoms with van der Waals surface area (Å²) in [6.07, 6.45) is 0.448. The maximum absolute atomic E-state index is 13.1. The lowest BCUT2D eigenvalue weighted by molar-refractivity contribution is -0.141. The minimum absolute atomic E-state index is 0.0327. The van der Waals surface area contributed by atoms with Gasteiger partial charge in [0, 0.05) is 30.3 Å². The maximum Gasteiger partial charge on any atom is 0.433 e. The van der Waals surface area contributed by atoms with Crippen LogP contribution in [0.5, 0.6) is 0 Å². The summed E-state index contributed by atoms with van der Waals surface area (Å²) >= 11 is 0. The van der Waals surface area contributed by atoms with Gasteiger partial charge in [0.25, 0.3) is 5.56 Å². The number of nitrogens with zero attached hydrogens (tertiary/aromatic N) is 7. The van der Waals surface area contributed by atoms with E-state index in [-0.39, 0.29) is 28.6 Å². The molecular formula is C24H21F3N8O. The number of pyridine rings is 1. The van der Waals surface area contributed by atoms with Crippen molar-refractivity contribution in [2.45, 2.75) is 63.2 Å². The van der Waals surface area contributed by atoms with Gasteiger partial charge in [-0.15, -0.1) is 0 Å². The molecule has 0 radical (unpaired) electrons. The van der Waals surface area contributed by atoms with Gasteiger partial charge in [0.2, 0.25) is 0 Å². The van der Waals surface area contributed by atoms with Crippen LogP contribution in [0.1, 0.15) is 78.2 Å². The molecule has 1 aliphatic carbocycles. The van der Waals surface area contributed by atoms with Crippen LogP contribution in [0.4, 0.5) is 13.2 Å². The normalized spacial score (nSPS) is 20.2. The van der Waals surface area contributed by atoms with E-state index in [1.807, 2.05) is 10.8 Å². The molecule has 1 aliphatic heterocycles. The highest BCUT2D eigenvalue weighted by Gasteiger charge is 2.38. The van der Waals surface area contributed by atoms with Gasteiger partial charge in [-0.3, -0.25) is 14.5 Å². The van der Waals surface area contributed by atoms with Crippen LogP contribution >= 0.6 is 0 Å². The van der Waals surface area contributed by atoms with Gasteiger partial charge in [-0.2, -0.15) is 28.6 Å². The largest absolute Gasteiger partial charge is 0.433 e. The first-order valence-corrected chi connectivity index (χ1v) is 11.8. The van der Waals surface area contributed by atoms with Gasteiger partial charge in [0.05, 0.1) is 11.7 Å². The molecular weight excluding hydrogens is 473 g/mol. The van der Waals surface area contributed by atoms with Crippen LogP contribution in [0, 0.1) is 11.3 Å². The van der Waals surface area contributed by atoms with Crippen molar-refractivity contribution < 1.29 is 13.2 Å². The number of nitriles is 1. The van der Waals surface area contributed by atoms with E-state index in [1.165, 1.54) is 16.4 Å². The third-order valence-electron chi connectivity index (χ3n) is 7.30. The van der Waals surface area contributed by atoms with E-state index in [2.05, 4.69) is 21.1 Å². The Bertz CT molecular complexity index is 1550. The standard InChI is InChI=1S/C24H21F3N8O/c1-12(13-4-7-19(29-11-13)24(25,26)27)35-22-20(18(10-28)33-35)23(36)31-21(30-22)16-6-5-15(16)17-9-14-3-2-8-34(14)32-17/h4,7,9,11-12,15-16H,2-3,5-6,8H2,1H3,(H,30,31,36). The van der Waals surface area contributed by atoms with E-state index in [1.54, 1.807) is 6.92 Å². The molecule has 4 aromatic rings. The molecule has 3 unspecified atom stereocenters. The average molecular weight is 494 g/mol. The van der Waals surface area contributed by atoms with Crippen molar-refractivity contribution in [3.05, 3.63) is 68.9 Å². The number of alkyl halides is 3. The maximum atomic E-state index is 13.1. The first kappa shape index (κ1) is 22.5. The fourth-order valence-corrected chi connectivity index (χ4v) is 5.19. The van der Waals surface area contributed by atoms with Crippen molar-refractivity contribution in [1.29, 1.82) is 5.26 Å². The van der Waals surface area contributed by atoms with Gasteiger partial charge in [-0.1, -0.05) is 6.07 Å². The van der Waals surface area contributed by atoms with E-state index in [4.69, 9.17) is 10.1 Å². The molecule has 4 aromatic heterocycles. The zero-order chi connectivity index (χ0) is 25.2. The molecule has 6 rings (SSSR count). The Hall–Kier alpha value is -4.01. The topological polar surface area (TPSA) is 118 Å². The molecule has 1 fully saturated rings. The molecule has 12 heteroatoms. The Morgan fingerprint density at radius 3 is 2.67 bits per heavy atom. The van der Waals surface area contributed by atoms with E-state index < -0.39 is 23.5 Å². The number of aryl methyl sites for hydroxylation is 2. The zero-order valence-electron chi connectivity index (χ0n) is 19.2. The monoisotopic (exact) mass is 494 g/mol. The molecule has 0 amide bonds. The summed E-state index contributed by atoms with van der Waals surface area (Å²) < 4.78 is 42.3. The summed E-state index contributed by atoms with van der Waals surface area (Å²) in [5.74, 6) is 0.599. The second kappa shape index (κ2) is 8.01. The Morgan fingerprint density at radius 2 is 2.03 bits per heavy atom. The number of H-pyrrole nitrogens is 1. The molecule has 5 heterocycles. The minimum atomic E-state index is -4.55. The third kappa shape index (κ3) is 3.49. The lowest BCUT2D eigenvalue weighted by Crippen LogP contribution is -2.27. The molecule has 184 valence electrons. The van der Waals surface area contributed by atoms with E-state index in [9.17, 15) is 23.2 Å². The van der Waals surface area contributed by atoms with E-state index in [0.717, 1.165) is 50.2 Å². The SMILES string of the molecule is CC(c1ccc(C(F)(F)F)nc1)n1nc(C#N)c2c(=O)[nH]c(C3CCC3c3cc4n(n3)CCC4)nc21. The smallest absolute Gasteiger partial charge is 0.310 e. The van der Waals surface area contributed by atoms with Crippen molar-refractivity contribution in [2.75, 3.05) is 0 Å². The number of nitrogens with one attached hydrogen (secondary N) is 1. The molecule has 0 saturated heterocycles. The predicted molar refractivity (Wildman–Crippen MR) is 121 cm³/mol. The predicted octanol–water partition coefficient (Wildman–Crippen LogP) is 3.82. The molecule has 0 spiro atoms. The van der Waals surface area contributed by atoms with Crippen LogP contribution < -0.4 is 5.56 Å². The summed E-state index contributed by atoms with van der Waals surface area (Å²) in [4.78, 5) is 24.2. The molecule has 3 atom stereocenters. The van der Waals surface area contributed by atoms with Crippen molar-refractivity contribution in [2.24, 2.45) is 0 Å². The molecule has 1 N–H and O–H groups in total. The first-order chi connectivity index (χ1) is 17.2. The van der Waals surface area contributed by atoms with Crippen molar-refractivity contribution in [3.63, 3.8) is 0 Å². The zero-order valence-corrected chi connectivity index (χ0v) is 19.2. The summed E-state index contributed by atoms with van der Waals surface area (Å²) in [7, 11) is 0. The Kier molecular flexibility index (Phi) is 5.00. The fourth-order valence-electron chi connectivity index (χ4n) is 5.19. The van der Waals surface area contributed by atoms with Crippen LogP contribution in [-0.4, -0.2) is 34.5 Å². The first-order valence-electron chi connectivity index (χ1n) is 11.8. The van der Waals surface area contributed by atoms with Crippen LogP contribution in [0.3, 0.4) is 0 Å². The molecule has 0 aromatic carbocycles. The molecule has 0 bridgehead atoms. The summed E-state index contributed by atoms with van der Waals surface area (Å²) in [5.41, 5.74) is 1.33. The molecule has 36 heavy (non-hydrogen) atoms. The van der Waals surface area contributed by atoms with Gasteiger partial charge in [0.1, 0.15) is 23.0 Å². The van der Waals surface area contributed by atoms with Crippen molar-refractivity contribution in [1.82, 2.24) is 34.5 Å². The minimum Gasteiger partial charge on any atom is -0.310 e. The van der Waals surface area contributed by atoms with Gasteiger partial charge in [-0.05, 0) is 50.3 Å². The second-order valence-electron chi connectivity index (χ2n) is 9.38. The van der Waals surface area contributed by atoms with Gasteiger partial charge in [-0.25, -0.2) is 9.67 Å². The lowest BCUT2D eigenvalue weighted by atomic mass is 9.71. The average Bonchev–Trinajstić information content (AvgIpc) is 3.51. The van der Waals surface area contributed by atoms with Gasteiger partial charge in [0.15, 0.2) is 11.3 Å². The fraction of sp³-hybridized carbons (Fsp3) is 0.417. The Balaban J connectivity index is 1.39. The number of hydrogen-bond acceptors (Lipinski definition) is 6. The van der Waals surface area contributed by atoms with Crippen LogP contribution in [0.25, 0.3) is 11.0 Å². The molecule has 1 saturated carbocycles. The number of aromatic nitrogens is 7. The lowest BCUT2D eigenvalue weighted by Gasteiger charge is -2.34. The number of rotatable bonds is 4. The summed E-state index contributed by atoms with van der Waals surface area (Å²) in [6.45, 7) is 2.62. The number of hydrogen-bond donors (Lipinski definition) is 1. The summed E-state index contributed by atoms with van der Waals surface area (Å²) in [5, 5.41) is 18.7. The van der Waals surface area contributed by atoms with Crippen LogP contribution in [-0.2, 0) is 19.1 Å². The highest BCUT2D eigenvalue weighted by molar-refractivity contribution is 5.80. The third-order valence-corrected chi connectivity index (χ3v) is 7.30. The Labute approximate surface area is 202 Å². The van der Waals surface area contributed by atoms with E-state index in [0.29, 0.717) is 11.4 Å². The van der Waals surface area contributed by atoms with Crippen LogP contribution in [0.15, 0.2) is 29.2 Å². The molecule has 9 nitrogen and oxygen atoms in total. The highest BCUT2D eigenvalue weighted by Crippen LogP contribution is 2.48.